The number of carbonyl (C=O) groups excluding carboxylic acids is 1. The number of hydrogen-bond acceptors (Lipinski definition) is 7. The number of nitriles is 1. The Kier molecular flexibility index (Phi) is 7.18. The standard InChI is InChI=1S/C25H30N8O/c1-16(2)22(12-26)31-24(34)19-6-4-18(5-7-19)23-17(3)13-28-25(32-23)30-20-14-29-33(15-20)21-8-10-27-11-9-21/h4-7,13-16,21-22,27H,8-11H2,1-3H3,(H,31,34)(H,28,30,32)/t22-/m1/s1. The lowest BCUT2D eigenvalue weighted by Gasteiger charge is -2.22. The highest BCUT2D eigenvalue weighted by molar-refractivity contribution is 5.95. The predicted molar refractivity (Wildman–Crippen MR) is 131 cm³/mol. The second-order valence-corrected chi connectivity index (χ2v) is 8.94. The first-order valence-corrected chi connectivity index (χ1v) is 11.6. The lowest BCUT2D eigenvalue weighted by molar-refractivity contribution is 0.0937. The molecule has 0 saturated carbocycles. The topological polar surface area (TPSA) is 121 Å². The maximum atomic E-state index is 12.5. The molecule has 4 rings (SSSR count). The largest absolute Gasteiger partial charge is 0.336 e. The molecular formula is C25H30N8O. The van der Waals surface area contributed by atoms with Crippen LogP contribution in [-0.2, 0) is 0 Å². The molecule has 2 aromatic heterocycles. The minimum atomic E-state index is -0.524. The van der Waals surface area contributed by atoms with Crippen molar-refractivity contribution in [2.75, 3.05) is 18.4 Å². The van der Waals surface area contributed by atoms with Crippen LogP contribution in [0.15, 0.2) is 42.9 Å². The van der Waals surface area contributed by atoms with Crippen molar-refractivity contribution in [2.24, 2.45) is 5.92 Å². The van der Waals surface area contributed by atoms with Crippen molar-refractivity contribution in [3.05, 3.63) is 54.0 Å². The van der Waals surface area contributed by atoms with Crippen molar-refractivity contribution in [3.8, 4) is 17.3 Å². The summed E-state index contributed by atoms with van der Waals surface area (Å²) in [4.78, 5) is 21.6. The summed E-state index contributed by atoms with van der Waals surface area (Å²) >= 11 is 0. The fraction of sp³-hybridized carbons (Fsp3) is 0.400. The van der Waals surface area contributed by atoms with Crippen LogP contribution >= 0.6 is 0 Å². The molecule has 1 aliphatic heterocycles. The fourth-order valence-corrected chi connectivity index (χ4v) is 3.95. The second kappa shape index (κ2) is 10.4. The molecular weight excluding hydrogens is 428 g/mol. The smallest absolute Gasteiger partial charge is 0.252 e. The average molecular weight is 459 g/mol. The molecule has 1 aliphatic rings. The van der Waals surface area contributed by atoms with Crippen molar-refractivity contribution in [1.82, 2.24) is 30.4 Å². The molecule has 3 N–H and O–H groups in total. The number of rotatable bonds is 7. The maximum absolute atomic E-state index is 12.5. The van der Waals surface area contributed by atoms with Crippen molar-refractivity contribution < 1.29 is 4.79 Å². The van der Waals surface area contributed by atoms with Crippen LogP contribution in [0, 0.1) is 24.2 Å². The van der Waals surface area contributed by atoms with Crippen LogP contribution in [0.3, 0.4) is 0 Å². The monoisotopic (exact) mass is 458 g/mol. The van der Waals surface area contributed by atoms with E-state index in [1.807, 2.05) is 43.8 Å². The van der Waals surface area contributed by atoms with Gasteiger partial charge in [-0.3, -0.25) is 9.48 Å². The van der Waals surface area contributed by atoms with Crippen LogP contribution < -0.4 is 16.0 Å². The summed E-state index contributed by atoms with van der Waals surface area (Å²) in [7, 11) is 0. The van der Waals surface area contributed by atoms with Crippen molar-refractivity contribution in [3.63, 3.8) is 0 Å². The number of amides is 1. The maximum Gasteiger partial charge on any atom is 0.252 e. The number of anilines is 2. The Morgan fingerprint density at radius 2 is 1.94 bits per heavy atom. The molecule has 9 heteroatoms. The summed E-state index contributed by atoms with van der Waals surface area (Å²) in [6, 6.07) is 9.23. The van der Waals surface area contributed by atoms with E-state index in [1.54, 1.807) is 24.5 Å². The second-order valence-electron chi connectivity index (χ2n) is 8.94. The number of nitrogens with one attached hydrogen (secondary N) is 3. The van der Waals surface area contributed by atoms with Crippen LogP contribution in [-0.4, -0.2) is 44.8 Å². The Balaban J connectivity index is 1.47. The summed E-state index contributed by atoms with van der Waals surface area (Å²) < 4.78 is 2.01. The Bertz CT molecular complexity index is 1170. The lowest BCUT2D eigenvalue weighted by Crippen LogP contribution is -2.37. The molecule has 0 aliphatic carbocycles. The van der Waals surface area contributed by atoms with Gasteiger partial charge in [0.25, 0.3) is 5.91 Å². The Hall–Kier alpha value is -3.77. The van der Waals surface area contributed by atoms with E-state index in [0.717, 1.165) is 48.4 Å². The highest BCUT2D eigenvalue weighted by Gasteiger charge is 2.18. The molecule has 3 heterocycles. The summed E-state index contributed by atoms with van der Waals surface area (Å²) in [6.45, 7) is 7.77. The van der Waals surface area contributed by atoms with Gasteiger partial charge in [0.2, 0.25) is 5.95 Å². The van der Waals surface area contributed by atoms with Gasteiger partial charge < -0.3 is 16.0 Å². The summed E-state index contributed by atoms with van der Waals surface area (Å²) in [5, 5.41) is 23.1. The van der Waals surface area contributed by atoms with E-state index in [4.69, 9.17) is 4.98 Å². The van der Waals surface area contributed by atoms with E-state index >= 15 is 0 Å². The van der Waals surface area contributed by atoms with Gasteiger partial charge >= 0.3 is 0 Å². The van der Waals surface area contributed by atoms with E-state index < -0.39 is 6.04 Å². The SMILES string of the molecule is Cc1cnc(Nc2cnn(C3CCNCC3)c2)nc1-c1ccc(C(=O)N[C@H](C#N)C(C)C)cc1. The average Bonchev–Trinajstić information content (AvgIpc) is 3.32. The van der Waals surface area contributed by atoms with Crippen molar-refractivity contribution >= 4 is 17.5 Å². The highest BCUT2D eigenvalue weighted by Crippen LogP contribution is 2.25. The minimum absolute atomic E-state index is 0.0367. The minimum Gasteiger partial charge on any atom is -0.336 e. The van der Waals surface area contributed by atoms with Gasteiger partial charge in [-0.05, 0) is 56.5 Å². The molecule has 3 aromatic rings. The van der Waals surface area contributed by atoms with Gasteiger partial charge in [0.15, 0.2) is 0 Å². The Labute approximate surface area is 199 Å². The number of piperidine rings is 1. The summed E-state index contributed by atoms with van der Waals surface area (Å²) in [5.74, 6) is 0.259. The van der Waals surface area contributed by atoms with E-state index in [0.29, 0.717) is 17.6 Å². The third-order valence-electron chi connectivity index (χ3n) is 6.03. The number of hydrogen-bond donors (Lipinski definition) is 3. The van der Waals surface area contributed by atoms with Crippen LogP contribution in [0.25, 0.3) is 11.3 Å². The van der Waals surface area contributed by atoms with E-state index in [1.165, 1.54) is 0 Å². The van der Waals surface area contributed by atoms with Gasteiger partial charge in [-0.2, -0.15) is 10.4 Å². The first-order valence-electron chi connectivity index (χ1n) is 11.6. The molecule has 34 heavy (non-hydrogen) atoms. The lowest BCUT2D eigenvalue weighted by atomic mass is 10.0. The molecule has 0 spiro atoms. The number of aryl methyl sites for hydroxylation is 1. The number of aromatic nitrogens is 4. The third kappa shape index (κ3) is 5.41. The Morgan fingerprint density at radius 1 is 1.21 bits per heavy atom. The van der Waals surface area contributed by atoms with Gasteiger partial charge in [-0.25, -0.2) is 9.97 Å². The van der Waals surface area contributed by atoms with Crippen molar-refractivity contribution in [1.29, 1.82) is 5.26 Å². The van der Waals surface area contributed by atoms with Crippen LogP contribution in [0.2, 0.25) is 0 Å². The van der Waals surface area contributed by atoms with Crippen molar-refractivity contribution in [2.45, 2.75) is 45.7 Å². The summed E-state index contributed by atoms with van der Waals surface area (Å²) in [6.07, 6.45) is 7.70. The molecule has 0 unspecified atom stereocenters. The normalized spacial score (nSPS) is 15.0. The summed E-state index contributed by atoms with van der Waals surface area (Å²) in [5.41, 5.74) is 3.94. The first kappa shape index (κ1) is 23.4. The molecule has 0 bridgehead atoms. The zero-order valence-corrected chi connectivity index (χ0v) is 19.7. The van der Waals surface area contributed by atoms with Gasteiger partial charge in [-0.1, -0.05) is 26.0 Å². The Morgan fingerprint density at radius 3 is 2.62 bits per heavy atom. The third-order valence-corrected chi connectivity index (χ3v) is 6.03. The van der Waals surface area contributed by atoms with Gasteiger partial charge in [0, 0.05) is 23.5 Å². The number of nitrogens with zero attached hydrogens (tertiary/aromatic N) is 5. The zero-order chi connectivity index (χ0) is 24.1. The zero-order valence-electron chi connectivity index (χ0n) is 19.7. The molecule has 1 atom stereocenters. The molecule has 1 amide bonds. The van der Waals surface area contributed by atoms with Crippen LogP contribution in [0.4, 0.5) is 11.6 Å². The quantitative estimate of drug-likeness (QED) is 0.495. The van der Waals surface area contributed by atoms with Gasteiger partial charge in [-0.15, -0.1) is 0 Å². The molecule has 1 aromatic carbocycles. The van der Waals surface area contributed by atoms with Crippen LogP contribution in [0.1, 0.15) is 48.7 Å². The fourth-order valence-electron chi connectivity index (χ4n) is 3.95. The van der Waals surface area contributed by atoms with E-state index in [-0.39, 0.29) is 11.8 Å². The van der Waals surface area contributed by atoms with Gasteiger partial charge in [0.1, 0.15) is 6.04 Å². The van der Waals surface area contributed by atoms with Gasteiger partial charge in [0.05, 0.1) is 29.7 Å². The molecule has 1 fully saturated rings. The first-order chi connectivity index (χ1) is 16.4. The molecule has 0 radical (unpaired) electrons. The predicted octanol–water partition coefficient (Wildman–Crippen LogP) is 3.59. The highest BCUT2D eigenvalue weighted by atomic mass is 16.1. The molecule has 9 nitrogen and oxygen atoms in total. The molecule has 1 saturated heterocycles. The van der Waals surface area contributed by atoms with Crippen LogP contribution in [0.5, 0.6) is 0 Å². The number of carbonyl (C=O) groups is 1. The number of benzene rings is 1. The molecule has 176 valence electrons. The van der Waals surface area contributed by atoms with E-state index in [9.17, 15) is 10.1 Å². The van der Waals surface area contributed by atoms with E-state index in [2.05, 4.69) is 32.1 Å².